The van der Waals surface area contributed by atoms with Crippen LogP contribution in [0.1, 0.15) is 23.6 Å². The lowest BCUT2D eigenvalue weighted by atomic mass is 10.1. The van der Waals surface area contributed by atoms with E-state index in [4.69, 9.17) is 14.2 Å². The van der Waals surface area contributed by atoms with Crippen molar-refractivity contribution < 1.29 is 19.0 Å². The van der Waals surface area contributed by atoms with Crippen molar-refractivity contribution in [2.75, 3.05) is 20.8 Å². The van der Waals surface area contributed by atoms with E-state index in [2.05, 4.69) is 11.1 Å². The second kappa shape index (κ2) is 11.5. The van der Waals surface area contributed by atoms with Crippen molar-refractivity contribution in [2.24, 2.45) is 4.99 Å². The number of rotatable bonds is 8. The number of benzene rings is 3. The first-order chi connectivity index (χ1) is 17.6. The number of ether oxygens (including phenoxy) is 3. The SMILES string of the molecule is CCN1C(=O)/C(=C/c2ccc(OCc3ccccc3C#N)c(OC)c2)SC1=Nc1ccc(OC)cc1. The average molecular weight is 500 g/mol. The summed E-state index contributed by atoms with van der Waals surface area (Å²) in [6, 6.07) is 22.3. The van der Waals surface area contributed by atoms with Crippen LogP contribution >= 0.6 is 11.8 Å². The van der Waals surface area contributed by atoms with Crippen LogP contribution < -0.4 is 14.2 Å². The highest BCUT2D eigenvalue weighted by molar-refractivity contribution is 8.18. The number of nitrogens with zero attached hydrogens (tertiary/aromatic N) is 3. The number of carbonyl (C=O) groups is 1. The summed E-state index contributed by atoms with van der Waals surface area (Å²) in [5.74, 6) is 1.74. The molecule has 0 saturated carbocycles. The van der Waals surface area contributed by atoms with Gasteiger partial charge in [-0.2, -0.15) is 5.26 Å². The maximum absolute atomic E-state index is 13.0. The molecule has 0 radical (unpaired) electrons. The quantitative estimate of drug-likeness (QED) is 0.366. The lowest BCUT2D eigenvalue weighted by Gasteiger charge is -2.12. The largest absolute Gasteiger partial charge is 0.497 e. The van der Waals surface area contributed by atoms with E-state index >= 15 is 0 Å². The minimum absolute atomic E-state index is 0.0952. The Labute approximate surface area is 214 Å². The van der Waals surface area contributed by atoms with Crippen molar-refractivity contribution in [3.05, 3.63) is 88.3 Å². The lowest BCUT2D eigenvalue weighted by molar-refractivity contribution is -0.122. The molecule has 4 rings (SSSR count). The number of likely N-dealkylation sites (N-methyl/N-ethyl adjacent to an activating group) is 1. The van der Waals surface area contributed by atoms with E-state index in [0.717, 1.165) is 22.6 Å². The summed E-state index contributed by atoms with van der Waals surface area (Å²) in [6.07, 6.45) is 1.82. The third-order valence-corrected chi connectivity index (χ3v) is 6.51. The van der Waals surface area contributed by atoms with E-state index in [-0.39, 0.29) is 12.5 Å². The average Bonchev–Trinajstić information content (AvgIpc) is 3.21. The number of carbonyl (C=O) groups excluding carboxylic acids is 1. The van der Waals surface area contributed by atoms with Crippen LogP contribution in [0, 0.1) is 11.3 Å². The minimum Gasteiger partial charge on any atom is -0.497 e. The molecule has 0 N–H and O–H groups in total. The Morgan fingerprint density at radius 2 is 1.81 bits per heavy atom. The Morgan fingerprint density at radius 3 is 2.50 bits per heavy atom. The van der Waals surface area contributed by atoms with Crippen molar-refractivity contribution in [3.63, 3.8) is 0 Å². The highest BCUT2D eigenvalue weighted by Crippen LogP contribution is 2.36. The minimum atomic E-state index is -0.0952. The Morgan fingerprint density at radius 1 is 1.03 bits per heavy atom. The molecule has 3 aromatic carbocycles. The van der Waals surface area contributed by atoms with Crippen LogP contribution in [0.3, 0.4) is 0 Å². The number of amides is 1. The predicted molar refractivity (Wildman–Crippen MR) is 142 cm³/mol. The molecule has 1 saturated heterocycles. The summed E-state index contributed by atoms with van der Waals surface area (Å²) in [5.41, 5.74) is 2.91. The Kier molecular flexibility index (Phi) is 7.93. The van der Waals surface area contributed by atoms with Gasteiger partial charge in [0.2, 0.25) is 0 Å². The molecule has 3 aromatic rings. The predicted octanol–water partition coefficient (Wildman–Crippen LogP) is 5.78. The Hall–Kier alpha value is -4.22. The maximum Gasteiger partial charge on any atom is 0.266 e. The summed E-state index contributed by atoms with van der Waals surface area (Å²) in [5, 5.41) is 9.91. The molecule has 0 aliphatic carbocycles. The molecule has 1 heterocycles. The van der Waals surface area contributed by atoms with Gasteiger partial charge in [-0.3, -0.25) is 9.69 Å². The summed E-state index contributed by atoms with van der Waals surface area (Å²) in [7, 11) is 3.18. The fourth-order valence-corrected chi connectivity index (χ4v) is 4.66. The van der Waals surface area contributed by atoms with Gasteiger partial charge in [0.05, 0.1) is 36.4 Å². The second-order valence-corrected chi connectivity index (χ2v) is 8.73. The number of amidine groups is 1. The van der Waals surface area contributed by atoms with Gasteiger partial charge in [-0.1, -0.05) is 24.3 Å². The van der Waals surface area contributed by atoms with Crippen LogP contribution in [0.2, 0.25) is 0 Å². The Bertz CT molecular complexity index is 1360. The molecule has 0 aromatic heterocycles. The van der Waals surface area contributed by atoms with Gasteiger partial charge in [0.15, 0.2) is 16.7 Å². The monoisotopic (exact) mass is 499 g/mol. The van der Waals surface area contributed by atoms with Crippen molar-refractivity contribution in [2.45, 2.75) is 13.5 Å². The molecule has 0 bridgehead atoms. The molecule has 7 nitrogen and oxygen atoms in total. The third kappa shape index (κ3) is 5.53. The zero-order chi connectivity index (χ0) is 25.5. The van der Waals surface area contributed by atoms with Gasteiger partial charge in [0.1, 0.15) is 12.4 Å². The van der Waals surface area contributed by atoms with Gasteiger partial charge in [0.25, 0.3) is 5.91 Å². The number of nitriles is 1. The second-order valence-electron chi connectivity index (χ2n) is 7.72. The van der Waals surface area contributed by atoms with Crippen LogP contribution in [-0.4, -0.2) is 36.7 Å². The lowest BCUT2D eigenvalue weighted by Crippen LogP contribution is -2.28. The molecule has 8 heteroatoms. The highest BCUT2D eigenvalue weighted by Gasteiger charge is 2.32. The first-order valence-corrected chi connectivity index (χ1v) is 12.1. The van der Waals surface area contributed by atoms with Crippen molar-refractivity contribution in [3.8, 4) is 23.3 Å². The van der Waals surface area contributed by atoms with Crippen LogP contribution in [0.25, 0.3) is 6.08 Å². The van der Waals surface area contributed by atoms with Crippen LogP contribution in [0.15, 0.2) is 76.6 Å². The third-order valence-electron chi connectivity index (χ3n) is 5.51. The fraction of sp³-hybridized carbons (Fsp3) is 0.179. The molecule has 36 heavy (non-hydrogen) atoms. The van der Waals surface area contributed by atoms with Gasteiger partial charge in [0, 0.05) is 12.1 Å². The zero-order valence-corrected chi connectivity index (χ0v) is 21.0. The van der Waals surface area contributed by atoms with Crippen LogP contribution in [0.4, 0.5) is 5.69 Å². The number of hydrogen-bond donors (Lipinski definition) is 0. The van der Waals surface area contributed by atoms with Gasteiger partial charge < -0.3 is 14.2 Å². The first-order valence-electron chi connectivity index (χ1n) is 11.3. The molecule has 0 atom stereocenters. The number of aliphatic imine (C=N–C) groups is 1. The van der Waals surface area contributed by atoms with E-state index in [1.165, 1.54) is 11.8 Å². The molecule has 1 aliphatic rings. The summed E-state index contributed by atoms with van der Waals surface area (Å²) in [4.78, 5) is 19.9. The van der Waals surface area contributed by atoms with Gasteiger partial charge in [-0.05, 0) is 72.8 Å². The first kappa shape index (κ1) is 24.9. The smallest absolute Gasteiger partial charge is 0.266 e. The van der Waals surface area contributed by atoms with Crippen LogP contribution in [-0.2, 0) is 11.4 Å². The van der Waals surface area contributed by atoms with E-state index in [1.807, 2.05) is 67.6 Å². The maximum atomic E-state index is 13.0. The van der Waals surface area contributed by atoms with Gasteiger partial charge >= 0.3 is 0 Å². The standard InChI is InChI=1S/C28H25N3O4S/c1-4-31-27(32)26(36-28(31)30-22-10-12-23(33-2)13-11-22)16-19-9-14-24(25(15-19)34-3)35-18-21-8-6-5-7-20(21)17-29/h5-16H,4,18H2,1-3H3/b26-16-,30-28?. The number of thioether (sulfide) groups is 1. The van der Waals surface area contributed by atoms with E-state index in [9.17, 15) is 10.1 Å². The molecule has 0 unspecified atom stereocenters. The zero-order valence-electron chi connectivity index (χ0n) is 20.2. The van der Waals surface area contributed by atoms with E-state index < -0.39 is 0 Å². The number of methoxy groups -OCH3 is 2. The summed E-state index contributed by atoms with van der Waals surface area (Å²) < 4.78 is 16.7. The molecular weight excluding hydrogens is 474 g/mol. The molecule has 0 spiro atoms. The summed E-state index contributed by atoms with van der Waals surface area (Å²) >= 11 is 1.33. The van der Waals surface area contributed by atoms with E-state index in [1.54, 1.807) is 31.3 Å². The molecule has 182 valence electrons. The summed E-state index contributed by atoms with van der Waals surface area (Å²) in [6.45, 7) is 2.68. The normalized spacial score (nSPS) is 15.3. The number of hydrogen-bond acceptors (Lipinski definition) is 7. The molecule has 1 fully saturated rings. The Balaban J connectivity index is 1.54. The van der Waals surface area contributed by atoms with Crippen molar-refractivity contribution in [1.82, 2.24) is 4.90 Å². The van der Waals surface area contributed by atoms with Crippen molar-refractivity contribution >= 4 is 34.6 Å². The molecular formula is C28H25N3O4S. The van der Waals surface area contributed by atoms with Crippen LogP contribution in [0.5, 0.6) is 17.2 Å². The fourth-order valence-electron chi connectivity index (χ4n) is 3.59. The highest BCUT2D eigenvalue weighted by atomic mass is 32.2. The van der Waals surface area contributed by atoms with Gasteiger partial charge in [-0.15, -0.1) is 0 Å². The van der Waals surface area contributed by atoms with Crippen molar-refractivity contribution in [1.29, 1.82) is 5.26 Å². The molecule has 1 aliphatic heterocycles. The topological polar surface area (TPSA) is 84.2 Å². The van der Waals surface area contributed by atoms with E-state index in [0.29, 0.717) is 33.7 Å². The van der Waals surface area contributed by atoms with Gasteiger partial charge in [-0.25, -0.2) is 4.99 Å². The molecule has 1 amide bonds.